The van der Waals surface area contributed by atoms with Crippen LogP contribution in [-0.2, 0) is 0 Å². The van der Waals surface area contributed by atoms with Crippen molar-refractivity contribution in [3.05, 3.63) is 53.7 Å². The standard InChI is InChI=1S/C15H15N3O2/c1-10-7-13(10)14-5-4-12(20-14)9-17-18-15(19)11-3-2-6-16-8-11/h2-6,8-10,13H,7H2,1H3,(H,18,19)/b17-9-/t10-,13-/m1/s1. The highest BCUT2D eigenvalue weighted by Crippen LogP contribution is 2.47. The van der Waals surface area contributed by atoms with E-state index in [9.17, 15) is 4.79 Å². The SMILES string of the molecule is C[C@@H]1C[C@H]1c1ccc(/C=N\NC(=O)c2cccnc2)o1. The fraction of sp³-hybridized carbons (Fsp3) is 0.267. The number of carbonyl (C=O) groups is 1. The van der Waals surface area contributed by atoms with Crippen LogP contribution in [0.1, 0.15) is 41.1 Å². The number of pyridine rings is 1. The third kappa shape index (κ3) is 2.77. The molecule has 1 aliphatic rings. The summed E-state index contributed by atoms with van der Waals surface area (Å²) >= 11 is 0. The Morgan fingerprint density at radius 1 is 1.50 bits per heavy atom. The summed E-state index contributed by atoms with van der Waals surface area (Å²) in [6.07, 6.45) is 5.79. The number of hydrazone groups is 1. The molecule has 2 aromatic heterocycles. The van der Waals surface area contributed by atoms with Gasteiger partial charge < -0.3 is 4.42 Å². The summed E-state index contributed by atoms with van der Waals surface area (Å²) < 4.78 is 5.65. The average Bonchev–Trinajstić information content (AvgIpc) is 3.01. The maximum Gasteiger partial charge on any atom is 0.272 e. The molecule has 2 heterocycles. The first-order valence-corrected chi connectivity index (χ1v) is 6.57. The van der Waals surface area contributed by atoms with E-state index >= 15 is 0 Å². The summed E-state index contributed by atoms with van der Waals surface area (Å²) in [6, 6.07) is 7.21. The number of aromatic nitrogens is 1. The van der Waals surface area contributed by atoms with Crippen molar-refractivity contribution in [3.8, 4) is 0 Å². The number of rotatable bonds is 4. The molecule has 5 nitrogen and oxygen atoms in total. The zero-order valence-electron chi connectivity index (χ0n) is 11.1. The Morgan fingerprint density at radius 3 is 3.05 bits per heavy atom. The van der Waals surface area contributed by atoms with E-state index in [2.05, 4.69) is 22.4 Å². The predicted octanol–water partition coefficient (Wildman–Crippen LogP) is 2.56. The maximum absolute atomic E-state index is 11.7. The molecule has 1 fully saturated rings. The maximum atomic E-state index is 11.7. The van der Waals surface area contributed by atoms with Gasteiger partial charge in [-0.05, 0) is 36.6 Å². The van der Waals surface area contributed by atoms with E-state index in [1.807, 2.05) is 12.1 Å². The van der Waals surface area contributed by atoms with E-state index in [1.165, 1.54) is 18.8 Å². The van der Waals surface area contributed by atoms with E-state index in [1.54, 1.807) is 18.3 Å². The van der Waals surface area contributed by atoms with Crippen LogP contribution in [0, 0.1) is 5.92 Å². The van der Waals surface area contributed by atoms with Crippen molar-refractivity contribution in [1.29, 1.82) is 0 Å². The Balaban J connectivity index is 1.58. The fourth-order valence-electron chi connectivity index (χ4n) is 2.07. The molecule has 0 radical (unpaired) electrons. The molecule has 102 valence electrons. The van der Waals surface area contributed by atoms with Gasteiger partial charge in [-0.3, -0.25) is 9.78 Å². The Hall–Kier alpha value is -2.43. The van der Waals surface area contributed by atoms with Crippen molar-refractivity contribution in [3.63, 3.8) is 0 Å². The van der Waals surface area contributed by atoms with Gasteiger partial charge in [-0.2, -0.15) is 5.10 Å². The largest absolute Gasteiger partial charge is 0.460 e. The monoisotopic (exact) mass is 269 g/mol. The molecule has 0 spiro atoms. The minimum Gasteiger partial charge on any atom is -0.460 e. The van der Waals surface area contributed by atoms with Crippen molar-refractivity contribution in [2.45, 2.75) is 19.3 Å². The van der Waals surface area contributed by atoms with Gasteiger partial charge >= 0.3 is 0 Å². The van der Waals surface area contributed by atoms with Gasteiger partial charge in [-0.25, -0.2) is 5.43 Å². The molecule has 2 atom stereocenters. The Kier molecular flexibility index (Phi) is 3.33. The van der Waals surface area contributed by atoms with Crippen LogP contribution >= 0.6 is 0 Å². The normalized spacial score (nSPS) is 21.1. The number of nitrogens with zero attached hydrogens (tertiary/aromatic N) is 2. The molecule has 0 aromatic carbocycles. The first-order chi connectivity index (χ1) is 9.74. The number of carbonyl (C=O) groups excluding carboxylic acids is 1. The van der Waals surface area contributed by atoms with Gasteiger partial charge in [0.1, 0.15) is 11.5 Å². The number of hydrogen-bond acceptors (Lipinski definition) is 4. The van der Waals surface area contributed by atoms with Crippen LogP contribution in [-0.4, -0.2) is 17.1 Å². The van der Waals surface area contributed by atoms with Crippen molar-refractivity contribution < 1.29 is 9.21 Å². The average molecular weight is 269 g/mol. The lowest BCUT2D eigenvalue weighted by Gasteiger charge is -1.97. The van der Waals surface area contributed by atoms with Gasteiger partial charge in [0, 0.05) is 18.3 Å². The summed E-state index contributed by atoms with van der Waals surface area (Å²) in [5, 5.41) is 3.88. The van der Waals surface area contributed by atoms with Gasteiger partial charge in [0.15, 0.2) is 0 Å². The summed E-state index contributed by atoms with van der Waals surface area (Å²) in [5.41, 5.74) is 2.91. The summed E-state index contributed by atoms with van der Waals surface area (Å²) in [4.78, 5) is 15.6. The third-order valence-electron chi connectivity index (χ3n) is 3.40. The van der Waals surface area contributed by atoms with Crippen molar-refractivity contribution in [2.75, 3.05) is 0 Å². The molecule has 1 amide bonds. The van der Waals surface area contributed by atoms with Crippen LogP contribution in [0.4, 0.5) is 0 Å². The van der Waals surface area contributed by atoms with Gasteiger partial charge in [0.25, 0.3) is 5.91 Å². The lowest BCUT2D eigenvalue weighted by Crippen LogP contribution is -2.17. The molecule has 1 saturated carbocycles. The molecule has 0 unspecified atom stereocenters. The fourth-order valence-corrected chi connectivity index (χ4v) is 2.07. The Labute approximate surface area is 116 Å². The predicted molar refractivity (Wildman–Crippen MR) is 74.5 cm³/mol. The van der Waals surface area contributed by atoms with E-state index in [0.29, 0.717) is 23.2 Å². The van der Waals surface area contributed by atoms with Crippen molar-refractivity contribution >= 4 is 12.1 Å². The summed E-state index contributed by atoms with van der Waals surface area (Å²) in [6.45, 7) is 2.20. The van der Waals surface area contributed by atoms with Crippen LogP contribution in [0.5, 0.6) is 0 Å². The lowest BCUT2D eigenvalue weighted by atomic mass is 10.3. The van der Waals surface area contributed by atoms with Crippen molar-refractivity contribution in [2.24, 2.45) is 11.0 Å². The topological polar surface area (TPSA) is 67.5 Å². The molecule has 0 bridgehead atoms. The van der Waals surface area contributed by atoms with Gasteiger partial charge in [0.05, 0.1) is 11.8 Å². The van der Waals surface area contributed by atoms with Gasteiger partial charge in [-0.15, -0.1) is 0 Å². The second kappa shape index (κ2) is 5.28. The van der Waals surface area contributed by atoms with Gasteiger partial charge in [-0.1, -0.05) is 6.92 Å². The highest BCUT2D eigenvalue weighted by molar-refractivity contribution is 5.94. The van der Waals surface area contributed by atoms with Crippen LogP contribution in [0.25, 0.3) is 0 Å². The van der Waals surface area contributed by atoms with E-state index in [-0.39, 0.29) is 5.91 Å². The molecular formula is C15H15N3O2. The van der Waals surface area contributed by atoms with E-state index < -0.39 is 0 Å². The number of furan rings is 1. The second-order valence-corrected chi connectivity index (χ2v) is 5.00. The Bertz CT molecular complexity index is 634. The van der Waals surface area contributed by atoms with E-state index in [4.69, 9.17) is 4.42 Å². The molecule has 5 heteroatoms. The zero-order chi connectivity index (χ0) is 13.9. The molecule has 20 heavy (non-hydrogen) atoms. The number of amides is 1. The smallest absolute Gasteiger partial charge is 0.272 e. The van der Waals surface area contributed by atoms with Crippen LogP contribution in [0.3, 0.4) is 0 Å². The third-order valence-corrected chi connectivity index (χ3v) is 3.40. The highest BCUT2D eigenvalue weighted by Gasteiger charge is 2.36. The number of nitrogens with one attached hydrogen (secondary N) is 1. The van der Waals surface area contributed by atoms with Crippen LogP contribution < -0.4 is 5.43 Å². The van der Waals surface area contributed by atoms with Gasteiger partial charge in [0.2, 0.25) is 0 Å². The minimum atomic E-state index is -0.294. The molecular weight excluding hydrogens is 254 g/mol. The molecule has 0 aliphatic heterocycles. The molecule has 2 aromatic rings. The second-order valence-electron chi connectivity index (χ2n) is 5.00. The molecule has 1 N–H and O–H groups in total. The summed E-state index contributed by atoms with van der Waals surface area (Å²) in [7, 11) is 0. The molecule has 1 aliphatic carbocycles. The molecule has 0 saturated heterocycles. The first kappa shape index (κ1) is 12.6. The number of hydrogen-bond donors (Lipinski definition) is 1. The van der Waals surface area contributed by atoms with E-state index in [0.717, 1.165) is 5.76 Å². The first-order valence-electron chi connectivity index (χ1n) is 6.57. The summed E-state index contributed by atoms with van der Waals surface area (Å²) in [5.74, 6) is 2.60. The highest BCUT2D eigenvalue weighted by atomic mass is 16.3. The van der Waals surface area contributed by atoms with Crippen LogP contribution in [0.2, 0.25) is 0 Å². The van der Waals surface area contributed by atoms with Crippen LogP contribution in [0.15, 0.2) is 46.2 Å². The quantitative estimate of drug-likeness (QED) is 0.685. The lowest BCUT2D eigenvalue weighted by molar-refractivity contribution is 0.0955. The minimum absolute atomic E-state index is 0.294. The molecule has 3 rings (SSSR count). The van der Waals surface area contributed by atoms with Crippen molar-refractivity contribution in [1.82, 2.24) is 10.4 Å². The Morgan fingerprint density at radius 2 is 2.35 bits per heavy atom. The zero-order valence-corrected chi connectivity index (χ0v) is 11.1.